The third-order valence-corrected chi connectivity index (χ3v) is 10.7. The van der Waals surface area contributed by atoms with Crippen molar-refractivity contribution < 1.29 is 56.4 Å². The summed E-state index contributed by atoms with van der Waals surface area (Å²) in [4.78, 5) is 61.7. The molecule has 2 aromatic rings. The molecule has 1 aliphatic carbocycles. The number of pyridine rings is 1. The number of carbonyl (C=O) groups is 4. The molecule has 6 rings (SSSR count). The largest absolute Gasteiger partial charge is 0.484 e. The molecule has 6 atom stereocenters. The Labute approximate surface area is 318 Å². The molecule has 1 spiro atoms. The predicted molar refractivity (Wildman–Crippen MR) is 193 cm³/mol. The van der Waals surface area contributed by atoms with Crippen LogP contribution < -0.4 is 14.8 Å². The van der Waals surface area contributed by atoms with E-state index in [0.717, 1.165) is 19.3 Å². The molecule has 3 aliphatic heterocycles. The van der Waals surface area contributed by atoms with Gasteiger partial charge in [0.05, 0.1) is 36.9 Å². The summed E-state index contributed by atoms with van der Waals surface area (Å²) in [5.41, 5.74) is -2.30. The molecule has 2 amide bonds. The van der Waals surface area contributed by atoms with Gasteiger partial charge in [-0.05, 0) is 78.5 Å². The van der Waals surface area contributed by atoms with E-state index >= 15 is 0 Å². The maximum atomic E-state index is 14.7. The second kappa shape index (κ2) is 15.3. The smallest absolute Gasteiger partial charge is 0.422 e. The van der Waals surface area contributed by atoms with Crippen molar-refractivity contribution in [3.8, 4) is 11.5 Å². The van der Waals surface area contributed by atoms with Gasteiger partial charge in [0.1, 0.15) is 34.3 Å². The average molecular weight is 774 g/mol. The SMILES string of the molecule is CCOC(=O)[C@@]12C[C@H]1/C=C\CCCCC[C@H](CC(=O)OC(C)(C)C)C(=O)N1C[C@@]3(CC(O)c4c(c(C)nc5ccc(OCC(F)(F)F)cc45)O3)C[C@H]1C(=O)N2. The first kappa shape index (κ1) is 40.3. The minimum atomic E-state index is -4.56. The number of hydrogen-bond donors (Lipinski definition) is 2. The van der Waals surface area contributed by atoms with Gasteiger partial charge >= 0.3 is 18.1 Å². The highest BCUT2D eigenvalue weighted by atomic mass is 19.4. The number of alkyl halides is 3. The van der Waals surface area contributed by atoms with Gasteiger partial charge in [-0.15, -0.1) is 0 Å². The highest BCUT2D eigenvalue weighted by Gasteiger charge is 2.63. The van der Waals surface area contributed by atoms with E-state index in [-0.39, 0.29) is 49.8 Å². The summed E-state index contributed by atoms with van der Waals surface area (Å²) >= 11 is 0. The molecule has 1 aromatic heterocycles. The number of aliphatic hydroxyl groups excluding tert-OH is 1. The highest BCUT2D eigenvalue weighted by Crippen LogP contribution is 2.51. The number of halogens is 3. The Kier molecular flexibility index (Phi) is 11.2. The molecule has 4 aliphatic rings. The number of amides is 2. The lowest BCUT2D eigenvalue weighted by Gasteiger charge is -2.39. The molecular weight excluding hydrogens is 723 g/mol. The van der Waals surface area contributed by atoms with Gasteiger partial charge in [-0.25, -0.2) is 9.78 Å². The summed E-state index contributed by atoms with van der Waals surface area (Å²) in [6, 6.07) is 3.10. The van der Waals surface area contributed by atoms with Gasteiger partial charge in [0.25, 0.3) is 0 Å². The first-order valence-electron chi connectivity index (χ1n) is 19.0. The minimum absolute atomic E-state index is 0.0636. The molecule has 15 heteroatoms. The Morgan fingerprint density at radius 1 is 1.11 bits per heavy atom. The number of nitrogens with one attached hydrogen (secondary N) is 1. The number of hydrogen-bond acceptors (Lipinski definition) is 10. The fourth-order valence-corrected chi connectivity index (χ4v) is 8.17. The van der Waals surface area contributed by atoms with E-state index in [9.17, 15) is 37.5 Å². The number of aromatic nitrogens is 1. The highest BCUT2D eigenvalue weighted by molar-refractivity contribution is 5.96. The minimum Gasteiger partial charge on any atom is -0.484 e. The molecule has 2 fully saturated rings. The van der Waals surface area contributed by atoms with Crippen LogP contribution in [-0.4, -0.2) is 87.5 Å². The summed E-state index contributed by atoms with van der Waals surface area (Å²) < 4.78 is 61.5. The lowest BCUT2D eigenvalue weighted by Crippen LogP contribution is -2.54. The third kappa shape index (κ3) is 8.86. The summed E-state index contributed by atoms with van der Waals surface area (Å²) in [6.45, 7) is 7.06. The second-order valence-electron chi connectivity index (χ2n) is 16.3. The van der Waals surface area contributed by atoms with Crippen LogP contribution in [0.4, 0.5) is 13.2 Å². The van der Waals surface area contributed by atoms with Crippen molar-refractivity contribution in [3.63, 3.8) is 0 Å². The van der Waals surface area contributed by atoms with Gasteiger partial charge in [-0.3, -0.25) is 14.4 Å². The number of fused-ring (bicyclic) bond motifs is 5. The first-order chi connectivity index (χ1) is 25.8. The number of esters is 2. The topological polar surface area (TPSA) is 154 Å². The van der Waals surface area contributed by atoms with Crippen LogP contribution in [0, 0.1) is 18.8 Å². The van der Waals surface area contributed by atoms with Crippen LogP contribution in [0.25, 0.3) is 10.9 Å². The molecule has 2 N–H and O–H groups in total. The van der Waals surface area contributed by atoms with E-state index in [4.69, 9.17) is 18.9 Å². The van der Waals surface area contributed by atoms with Crippen molar-refractivity contribution in [2.24, 2.45) is 11.8 Å². The van der Waals surface area contributed by atoms with Gasteiger partial charge in [-0.2, -0.15) is 13.2 Å². The zero-order valence-electron chi connectivity index (χ0n) is 31.9. The van der Waals surface area contributed by atoms with Crippen LogP contribution in [0.15, 0.2) is 30.4 Å². The standard InChI is InChI=1S/C40H50F3N3O9/c1-6-52-36(51)39-18-25(39)13-11-9-7-8-10-12-24(16-31(48)54-37(3,4)5)35(50)46-21-38(19-29(46)34(49)45-39)20-30(47)32-27-17-26(53-22-40(41,42)43)14-15-28(27)44-23(2)33(32)55-38/h11,13-15,17,24-25,29-30,47H,6-10,12,16,18-22H2,1-5H3,(H,45,49)/b13-11-/t24-,25-,29+,30?,38+,39-/m1/s1. The van der Waals surface area contributed by atoms with Crippen molar-refractivity contribution in [1.82, 2.24) is 15.2 Å². The van der Waals surface area contributed by atoms with Gasteiger partial charge < -0.3 is 34.3 Å². The number of aryl methyl sites for hydroxylation is 1. The Morgan fingerprint density at radius 2 is 1.87 bits per heavy atom. The Hall–Kier alpha value is -4.40. The average Bonchev–Trinajstić information content (AvgIpc) is 3.66. The summed E-state index contributed by atoms with van der Waals surface area (Å²) in [7, 11) is 0. The van der Waals surface area contributed by atoms with Gasteiger partial charge in [0.15, 0.2) is 6.61 Å². The number of allylic oxidation sites excluding steroid dienone is 1. The fraction of sp³-hybridized carbons (Fsp3) is 0.625. The van der Waals surface area contributed by atoms with Crippen molar-refractivity contribution in [2.75, 3.05) is 19.8 Å². The summed E-state index contributed by atoms with van der Waals surface area (Å²) in [6.07, 6.45) is 1.50. The first-order valence-corrected chi connectivity index (χ1v) is 19.0. The number of rotatable bonds is 6. The summed E-state index contributed by atoms with van der Waals surface area (Å²) in [5, 5.41) is 15.1. The van der Waals surface area contributed by atoms with Crippen molar-refractivity contribution in [1.29, 1.82) is 0 Å². The van der Waals surface area contributed by atoms with Gasteiger partial charge in [0, 0.05) is 35.6 Å². The quantitative estimate of drug-likeness (QED) is 0.266. The van der Waals surface area contributed by atoms with Crippen LogP contribution in [0.3, 0.4) is 0 Å². The normalized spacial score (nSPS) is 29.1. The Bertz CT molecular complexity index is 1860. The molecule has 1 saturated carbocycles. The number of aliphatic hydroxyl groups is 1. The second-order valence-corrected chi connectivity index (χ2v) is 16.3. The molecule has 4 heterocycles. The van der Waals surface area contributed by atoms with E-state index in [1.54, 1.807) is 34.6 Å². The maximum Gasteiger partial charge on any atom is 0.422 e. The molecule has 0 bridgehead atoms. The zero-order valence-corrected chi connectivity index (χ0v) is 31.9. The molecule has 55 heavy (non-hydrogen) atoms. The van der Waals surface area contributed by atoms with Crippen LogP contribution >= 0.6 is 0 Å². The van der Waals surface area contributed by atoms with Crippen molar-refractivity contribution in [2.45, 2.75) is 127 Å². The Morgan fingerprint density at radius 3 is 2.58 bits per heavy atom. The molecule has 12 nitrogen and oxygen atoms in total. The lowest BCUT2D eigenvalue weighted by molar-refractivity contribution is -0.159. The van der Waals surface area contributed by atoms with E-state index in [1.165, 1.54) is 23.1 Å². The van der Waals surface area contributed by atoms with E-state index in [1.807, 2.05) is 12.2 Å². The van der Waals surface area contributed by atoms with Crippen LogP contribution in [0.1, 0.15) is 103 Å². The van der Waals surface area contributed by atoms with Crippen LogP contribution in [0.5, 0.6) is 11.5 Å². The van der Waals surface area contributed by atoms with Crippen LogP contribution in [0.2, 0.25) is 0 Å². The molecule has 1 aromatic carbocycles. The third-order valence-electron chi connectivity index (χ3n) is 10.7. The predicted octanol–water partition coefficient (Wildman–Crippen LogP) is 5.95. The molecule has 1 unspecified atom stereocenters. The maximum absolute atomic E-state index is 14.7. The number of benzene rings is 1. The number of nitrogens with zero attached hydrogens (tertiary/aromatic N) is 2. The van der Waals surface area contributed by atoms with E-state index in [0.29, 0.717) is 41.4 Å². The lowest BCUT2D eigenvalue weighted by atomic mass is 9.85. The Balaban J connectivity index is 1.37. The van der Waals surface area contributed by atoms with Gasteiger partial charge in [-0.1, -0.05) is 25.0 Å². The molecule has 1 saturated heterocycles. The number of carbonyl (C=O) groups excluding carboxylic acids is 4. The summed E-state index contributed by atoms with van der Waals surface area (Å²) in [5.74, 6) is -3.16. The number of ether oxygens (including phenoxy) is 4. The molecular formula is C40H50F3N3O9. The van der Waals surface area contributed by atoms with E-state index in [2.05, 4.69) is 10.3 Å². The fourth-order valence-electron chi connectivity index (χ4n) is 8.17. The van der Waals surface area contributed by atoms with Crippen LogP contribution in [-0.2, 0) is 28.7 Å². The monoisotopic (exact) mass is 773 g/mol. The zero-order chi connectivity index (χ0) is 39.9. The van der Waals surface area contributed by atoms with E-state index < -0.39 is 71.3 Å². The van der Waals surface area contributed by atoms with Crippen molar-refractivity contribution >= 4 is 34.7 Å². The van der Waals surface area contributed by atoms with Gasteiger partial charge in [0.2, 0.25) is 11.8 Å². The molecule has 0 radical (unpaired) electrons. The van der Waals surface area contributed by atoms with Crippen molar-refractivity contribution in [3.05, 3.63) is 41.6 Å². The molecule has 300 valence electrons.